The Bertz CT molecular complexity index is 1070. The lowest BCUT2D eigenvalue weighted by molar-refractivity contribution is -0.115. The molecule has 4 nitrogen and oxygen atoms in total. The number of nitrogens with zero attached hydrogens (tertiary/aromatic N) is 1. The molecule has 0 N–H and O–H groups in total. The Morgan fingerprint density at radius 3 is 2.59 bits per heavy atom. The fraction of sp³-hybridized carbons (Fsp3) is 0.250. The number of carbonyl (C=O) groups is 2. The molecular weight excluding hydrogens is 369 g/mol. The topological polar surface area (TPSA) is 46.6 Å². The van der Waals surface area contributed by atoms with Crippen LogP contribution in [0.25, 0.3) is 0 Å². The van der Waals surface area contributed by atoms with Crippen LogP contribution in [0.4, 0.5) is 10.1 Å². The molecule has 2 aromatic rings. The molecule has 29 heavy (non-hydrogen) atoms. The van der Waals surface area contributed by atoms with Crippen molar-refractivity contribution in [3.05, 3.63) is 89.0 Å². The number of hydrogen-bond donors (Lipinski definition) is 0. The number of Topliss-reactive ketones (excluding diaryl/α,β-unsaturated/α-hetero) is 1. The molecule has 0 aromatic heterocycles. The van der Waals surface area contributed by atoms with Crippen molar-refractivity contribution in [1.82, 2.24) is 0 Å². The van der Waals surface area contributed by atoms with Crippen molar-refractivity contribution in [2.75, 3.05) is 4.90 Å². The molecule has 0 bridgehead atoms. The third-order valence-electron chi connectivity index (χ3n) is 6.15. The van der Waals surface area contributed by atoms with Crippen LogP contribution in [-0.2, 0) is 20.7 Å². The van der Waals surface area contributed by atoms with Gasteiger partial charge in [-0.2, -0.15) is 0 Å². The second-order valence-corrected chi connectivity index (χ2v) is 7.84. The van der Waals surface area contributed by atoms with Crippen LogP contribution in [0.1, 0.15) is 30.4 Å². The largest absolute Gasteiger partial charge is 0.474 e. The molecule has 5 rings (SSSR count). The van der Waals surface area contributed by atoms with E-state index in [0.717, 1.165) is 6.42 Å². The van der Waals surface area contributed by atoms with E-state index in [2.05, 4.69) is 12.1 Å². The summed E-state index contributed by atoms with van der Waals surface area (Å²) in [7, 11) is 0. The lowest BCUT2D eigenvalue weighted by atomic mass is 9.95. The summed E-state index contributed by atoms with van der Waals surface area (Å²) in [5.74, 6) is -0.115. The third-order valence-corrected chi connectivity index (χ3v) is 6.15. The van der Waals surface area contributed by atoms with Crippen molar-refractivity contribution in [3.8, 4) is 0 Å². The molecule has 5 heteroatoms. The quantitative estimate of drug-likeness (QED) is 0.582. The van der Waals surface area contributed by atoms with E-state index in [1.54, 1.807) is 31.4 Å². The van der Waals surface area contributed by atoms with E-state index in [0.29, 0.717) is 23.3 Å². The first kappa shape index (κ1) is 17.9. The highest BCUT2D eigenvalue weighted by molar-refractivity contribution is 6.08. The first-order valence-corrected chi connectivity index (χ1v) is 9.77. The summed E-state index contributed by atoms with van der Waals surface area (Å²) >= 11 is 0. The van der Waals surface area contributed by atoms with Gasteiger partial charge in [0.25, 0.3) is 5.91 Å². The van der Waals surface area contributed by atoms with E-state index in [9.17, 15) is 14.0 Å². The number of amides is 1. The van der Waals surface area contributed by atoms with Gasteiger partial charge in [-0.05, 0) is 60.7 Å². The number of halogens is 1. The Balaban J connectivity index is 1.41. The van der Waals surface area contributed by atoms with Crippen LogP contribution < -0.4 is 4.90 Å². The average molecular weight is 389 g/mol. The van der Waals surface area contributed by atoms with E-state index in [1.165, 1.54) is 28.2 Å². The second-order valence-electron chi connectivity index (χ2n) is 7.84. The zero-order chi connectivity index (χ0) is 20.1. The Labute approximate surface area is 168 Å². The van der Waals surface area contributed by atoms with Crippen molar-refractivity contribution in [2.24, 2.45) is 5.92 Å². The van der Waals surface area contributed by atoms with Crippen molar-refractivity contribution < 1.29 is 18.7 Å². The van der Waals surface area contributed by atoms with Gasteiger partial charge in [-0.3, -0.25) is 14.5 Å². The van der Waals surface area contributed by atoms with Crippen LogP contribution in [0.2, 0.25) is 0 Å². The maximum Gasteiger partial charge on any atom is 0.257 e. The van der Waals surface area contributed by atoms with Crippen molar-refractivity contribution in [3.63, 3.8) is 0 Å². The van der Waals surface area contributed by atoms with Crippen molar-refractivity contribution in [2.45, 2.75) is 31.9 Å². The fourth-order valence-electron chi connectivity index (χ4n) is 4.71. The molecule has 2 aliphatic carbocycles. The third kappa shape index (κ3) is 2.89. The van der Waals surface area contributed by atoms with Crippen LogP contribution in [0.15, 0.2) is 72.0 Å². The van der Waals surface area contributed by atoms with Gasteiger partial charge in [0.2, 0.25) is 0 Å². The molecule has 0 saturated heterocycles. The van der Waals surface area contributed by atoms with Crippen LogP contribution >= 0.6 is 0 Å². The second kappa shape index (κ2) is 6.69. The monoisotopic (exact) mass is 389 g/mol. The van der Waals surface area contributed by atoms with E-state index in [4.69, 9.17) is 4.74 Å². The molecule has 0 radical (unpaired) electrons. The van der Waals surface area contributed by atoms with Gasteiger partial charge in [0.15, 0.2) is 12.0 Å². The highest BCUT2D eigenvalue weighted by Crippen LogP contribution is 2.49. The molecule has 1 fully saturated rings. The van der Waals surface area contributed by atoms with Crippen LogP contribution in [-0.4, -0.2) is 17.9 Å². The Kier molecular flexibility index (Phi) is 4.12. The van der Waals surface area contributed by atoms with Crippen LogP contribution in [0.3, 0.4) is 0 Å². The molecule has 1 aliphatic heterocycles. The van der Waals surface area contributed by atoms with Crippen LogP contribution in [0, 0.1) is 11.7 Å². The van der Waals surface area contributed by atoms with Crippen molar-refractivity contribution >= 4 is 17.4 Å². The highest BCUT2D eigenvalue weighted by Gasteiger charge is 2.44. The molecule has 3 atom stereocenters. The zero-order valence-corrected chi connectivity index (χ0v) is 16.0. The molecule has 1 amide bonds. The molecule has 3 aliphatic rings. The summed E-state index contributed by atoms with van der Waals surface area (Å²) < 4.78 is 19.2. The van der Waals surface area contributed by atoms with Gasteiger partial charge < -0.3 is 4.74 Å². The Morgan fingerprint density at radius 2 is 1.79 bits per heavy atom. The maximum absolute atomic E-state index is 13.3. The lowest BCUT2D eigenvalue weighted by Crippen LogP contribution is -2.35. The molecular formula is C24H20FNO3. The number of rotatable bonds is 3. The van der Waals surface area contributed by atoms with Gasteiger partial charge in [-0.25, -0.2) is 4.39 Å². The number of ketones is 1. The average Bonchev–Trinajstić information content (AvgIpc) is 3.31. The first-order chi connectivity index (χ1) is 14.0. The highest BCUT2D eigenvalue weighted by atomic mass is 19.1. The molecule has 1 heterocycles. The number of ether oxygens (including phenoxy) is 1. The van der Waals surface area contributed by atoms with Gasteiger partial charge in [-0.15, -0.1) is 0 Å². The van der Waals surface area contributed by atoms with E-state index < -0.39 is 6.23 Å². The number of fused-ring (bicyclic) bond motifs is 3. The number of benzene rings is 2. The standard InChI is InChI=1S/C24H20FNO3/c1-14-10-23(26(24(14)28)17-8-6-16(25)7-9-17)29-13-21-19-11-15-4-2-3-5-18(15)20(19)12-22(21)27/h2-10,13,19-20,23H,11-12H2,1H3/b21-13+. The van der Waals surface area contributed by atoms with Gasteiger partial charge in [0, 0.05) is 29.2 Å². The normalized spacial score (nSPS) is 26.7. The van der Waals surface area contributed by atoms with Crippen LogP contribution in [0.5, 0.6) is 0 Å². The zero-order valence-electron chi connectivity index (χ0n) is 16.0. The van der Waals surface area contributed by atoms with Gasteiger partial charge in [-0.1, -0.05) is 24.3 Å². The molecule has 3 unspecified atom stereocenters. The van der Waals surface area contributed by atoms with Gasteiger partial charge in [0.1, 0.15) is 5.82 Å². The Hall–Kier alpha value is -3.21. The summed E-state index contributed by atoms with van der Waals surface area (Å²) in [6.07, 6.45) is 3.95. The molecule has 2 aromatic carbocycles. The smallest absolute Gasteiger partial charge is 0.257 e. The number of allylic oxidation sites excluding steroid dienone is 1. The summed E-state index contributed by atoms with van der Waals surface area (Å²) in [6.45, 7) is 1.72. The predicted octanol–water partition coefficient (Wildman–Crippen LogP) is 4.27. The molecule has 1 saturated carbocycles. The number of hydrogen-bond acceptors (Lipinski definition) is 3. The first-order valence-electron chi connectivity index (χ1n) is 9.77. The predicted molar refractivity (Wildman–Crippen MR) is 107 cm³/mol. The minimum absolute atomic E-state index is 0.105. The van der Waals surface area contributed by atoms with Gasteiger partial charge >= 0.3 is 0 Å². The maximum atomic E-state index is 13.3. The summed E-state index contributed by atoms with van der Waals surface area (Å²) in [4.78, 5) is 26.7. The molecule has 146 valence electrons. The number of carbonyl (C=O) groups excluding carboxylic acids is 2. The lowest BCUT2D eigenvalue weighted by Gasteiger charge is -2.24. The van der Waals surface area contributed by atoms with Crippen molar-refractivity contribution in [1.29, 1.82) is 0 Å². The van der Waals surface area contributed by atoms with E-state index >= 15 is 0 Å². The Morgan fingerprint density at radius 1 is 1.03 bits per heavy atom. The summed E-state index contributed by atoms with van der Waals surface area (Å²) in [6, 6.07) is 14.0. The SMILES string of the molecule is CC1=CC(O/C=C2/C(=O)CC3c4ccccc4CC23)N(c2ccc(F)cc2)C1=O. The van der Waals surface area contributed by atoms with E-state index in [1.807, 2.05) is 12.1 Å². The minimum Gasteiger partial charge on any atom is -0.474 e. The summed E-state index contributed by atoms with van der Waals surface area (Å²) in [5, 5.41) is 0. The molecule has 0 spiro atoms. The minimum atomic E-state index is -0.656. The van der Waals surface area contributed by atoms with E-state index in [-0.39, 0.29) is 29.3 Å². The fourth-order valence-corrected chi connectivity index (χ4v) is 4.71. The van der Waals surface area contributed by atoms with Gasteiger partial charge in [0.05, 0.1) is 6.26 Å². The number of anilines is 1. The summed E-state index contributed by atoms with van der Waals surface area (Å²) in [5.41, 5.74) is 4.35.